The number of sulfonamides is 1. The highest BCUT2D eigenvalue weighted by molar-refractivity contribution is 7.89. The number of nitrogens with one attached hydrogen (secondary N) is 1. The van der Waals surface area contributed by atoms with Crippen LogP contribution in [0.25, 0.3) is 0 Å². The van der Waals surface area contributed by atoms with Gasteiger partial charge in [0.05, 0.1) is 11.4 Å². The van der Waals surface area contributed by atoms with Gasteiger partial charge in [0.15, 0.2) is 0 Å². The fraction of sp³-hybridized carbons (Fsp3) is 0.750. The fourth-order valence-electron chi connectivity index (χ4n) is 2.42. The molecule has 0 amide bonds. The molecule has 2 rings (SSSR count). The lowest BCUT2D eigenvalue weighted by molar-refractivity contribution is 0.419. The van der Waals surface area contributed by atoms with Crippen LogP contribution in [0, 0.1) is 12.8 Å². The van der Waals surface area contributed by atoms with Crippen LogP contribution in [-0.2, 0) is 23.0 Å². The van der Waals surface area contributed by atoms with E-state index in [1.807, 2.05) is 27.0 Å². The number of hydrogen-bond donors (Lipinski definition) is 1. The molecule has 0 saturated heterocycles. The zero-order valence-electron chi connectivity index (χ0n) is 11.2. The highest BCUT2D eigenvalue weighted by Gasteiger charge is 2.24. The van der Waals surface area contributed by atoms with Crippen molar-refractivity contribution < 1.29 is 8.42 Å². The summed E-state index contributed by atoms with van der Waals surface area (Å²) in [5.74, 6) is 1.41. The van der Waals surface area contributed by atoms with Crippen LogP contribution in [0.1, 0.15) is 31.8 Å². The molecule has 1 aromatic rings. The number of rotatable bonds is 4. The van der Waals surface area contributed by atoms with Gasteiger partial charge in [0.1, 0.15) is 5.82 Å². The smallest absolute Gasteiger partial charge is 0.212 e. The molecule has 1 aromatic heterocycles. The van der Waals surface area contributed by atoms with E-state index < -0.39 is 10.0 Å². The van der Waals surface area contributed by atoms with Gasteiger partial charge in [-0.25, -0.2) is 18.1 Å². The Morgan fingerprint density at radius 3 is 2.94 bits per heavy atom. The number of nitrogens with zero attached hydrogens (tertiary/aromatic N) is 2. The Labute approximate surface area is 109 Å². The van der Waals surface area contributed by atoms with Gasteiger partial charge in [-0.3, -0.25) is 0 Å². The molecule has 1 aliphatic rings. The van der Waals surface area contributed by atoms with Crippen LogP contribution in [0.5, 0.6) is 0 Å². The Kier molecular flexibility index (Phi) is 3.77. The van der Waals surface area contributed by atoms with E-state index >= 15 is 0 Å². The van der Waals surface area contributed by atoms with Gasteiger partial charge in [0, 0.05) is 25.2 Å². The van der Waals surface area contributed by atoms with E-state index in [-0.39, 0.29) is 17.7 Å². The predicted molar refractivity (Wildman–Crippen MR) is 70.8 cm³/mol. The molecule has 1 unspecified atom stereocenters. The first-order valence-corrected chi connectivity index (χ1v) is 8.03. The van der Waals surface area contributed by atoms with Crippen molar-refractivity contribution in [1.82, 2.24) is 14.3 Å². The number of aromatic nitrogens is 2. The first-order chi connectivity index (χ1) is 8.35. The number of aryl methyl sites for hydroxylation is 2. The Balaban J connectivity index is 2.01. The largest absolute Gasteiger partial charge is 0.333 e. The first-order valence-electron chi connectivity index (χ1n) is 6.38. The average molecular weight is 271 g/mol. The molecule has 6 heteroatoms. The number of hydrogen-bond acceptors (Lipinski definition) is 3. The molecule has 1 atom stereocenters. The van der Waals surface area contributed by atoms with Gasteiger partial charge in [-0.2, -0.15) is 0 Å². The maximum Gasteiger partial charge on any atom is 0.212 e. The molecule has 102 valence electrons. The van der Waals surface area contributed by atoms with Crippen LogP contribution < -0.4 is 4.72 Å². The molecule has 1 N–H and O–H groups in total. The van der Waals surface area contributed by atoms with Crippen molar-refractivity contribution in [2.24, 2.45) is 5.92 Å². The summed E-state index contributed by atoms with van der Waals surface area (Å²) in [4.78, 5) is 4.42. The van der Waals surface area contributed by atoms with Crippen LogP contribution in [-0.4, -0.2) is 29.8 Å². The molecule has 0 fully saturated rings. The van der Waals surface area contributed by atoms with Crippen molar-refractivity contribution in [2.75, 3.05) is 5.75 Å². The lowest BCUT2D eigenvalue weighted by atomic mass is 10.1. The zero-order chi connectivity index (χ0) is 13.3. The van der Waals surface area contributed by atoms with Crippen LogP contribution in [0.4, 0.5) is 0 Å². The summed E-state index contributed by atoms with van der Waals surface area (Å²) in [5.41, 5.74) is 0.996. The molecule has 0 spiro atoms. The molecule has 0 bridgehead atoms. The third-order valence-corrected chi connectivity index (χ3v) is 4.81. The number of imidazole rings is 1. The second-order valence-electron chi connectivity index (χ2n) is 5.48. The van der Waals surface area contributed by atoms with Crippen LogP contribution in [0.15, 0.2) is 6.20 Å². The van der Waals surface area contributed by atoms with Crippen molar-refractivity contribution >= 4 is 10.0 Å². The van der Waals surface area contributed by atoms with Gasteiger partial charge in [-0.05, 0) is 19.3 Å². The molecule has 18 heavy (non-hydrogen) atoms. The Morgan fingerprint density at radius 1 is 1.56 bits per heavy atom. The van der Waals surface area contributed by atoms with Gasteiger partial charge in [-0.15, -0.1) is 0 Å². The van der Waals surface area contributed by atoms with E-state index in [2.05, 4.69) is 14.3 Å². The molecule has 5 nitrogen and oxygen atoms in total. The summed E-state index contributed by atoms with van der Waals surface area (Å²) in [5, 5.41) is 0. The Morgan fingerprint density at radius 2 is 2.28 bits per heavy atom. The van der Waals surface area contributed by atoms with E-state index in [0.717, 1.165) is 24.4 Å². The number of fused-ring (bicyclic) bond motifs is 1. The highest BCUT2D eigenvalue weighted by Crippen LogP contribution is 2.16. The maximum atomic E-state index is 11.9. The third kappa shape index (κ3) is 3.32. The van der Waals surface area contributed by atoms with Gasteiger partial charge >= 0.3 is 0 Å². The van der Waals surface area contributed by atoms with Crippen molar-refractivity contribution in [1.29, 1.82) is 0 Å². The summed E-state index contributed by atoms with van der Waals surface area (Å²) in [6.07, 6.45) is 3.65. The van der Waals surface area contributed by atoms with Crippen molar-refractivity contribution in [3.63, 3.8) is 0 Å². The second-order valence-corrected chi connectivity index (χ2v) is 7.28. The minimum Gasteiger partial charge on any atom is -0.333 e. The third-order valence-electron chi connectivity index (χ3n) is 3.01. The topological polar surface area (TPSA) is 64.0 Å². The van der Waals surface area contributed by atoms with E-state index in [4.69, 9.17) is 0 Å². The Bertz CT molecular complexity index is 519. The lowest BCUT2D eigenvalue weighted by Gasteiger charge is -2.24. The van der Waals surface area contributed by atoms with Gasteiger partial charge in [-0.1, -0.05) is 13.8 Å². The maximum absolute atomic E-state index is 11.9. The quantitative estimate of drug-likeness (QED) is 0.891. The highest BCUT2D eigenvalue weighted by atomic mass is 32.2. The summed E-state index contributed by atoms with van der Waals surface area (Å²) in [7, 11) is -3.16. The fourth-order valence-corrected chi connectivity index (χ4v) is 4.10. The van der Waals surface area contributed by atoms with Crippen molar-refractivity contribution in [3.8, 4) is 0 Å². The van der Waals surface area contributed by atoms with Crippen molar-refractivity contribution in [3.05, 3.63) is 17.7 Å². The van der Waals surface area contributed by atoms with Gasteiger partial charge in [0.2, 0.25) is 10.0 Å². The van der Waals surface area contributed by atoms with E-state index in [0.29, 0.717) is 6.54 Å². The predicted octanol–water partition coefficient (Wildman–Crippen LogP) is 1.08. The van der Waals surface area contributed by atoms with Crippen LogP contribution in [0.3, 0.4) is 0 Å². The SMILES string of the molecule is Cc1cn2c(n1)CCC(NS(=O)(=O)CC(C)C)C2. The molecule has 0 radical (unpaired) electrons. The molecule has 1 aliphatic heterocycles. The summed E-state index contributed by atoms with van der Waals surface area (Å²) in [6, 6.07) is -0.00477. The summed E-state index contributed by atoms with van der Waals surface area (Å²) < 4.78 is 28.6. The normalized spacial score (nSPS) is 20.1. The first kappa shape index (κ1) is 13.5. The molecule has 0 saturated carbocycles. The van der Waals surface area contributed by atoms with Crippen LogP contribution >= 0.6 is 0 Å². The Hall–Kier alpha value is -0.880. The zero-order valence-corrected chi connectivity index (χ0v) is 12.0. The standard InChI is InChI=1S/C12H21N3O2S/c1-9(2)8-18(16,17)14-11-4-5-12-13-10(3)6-15(12)7-11/h6,9,11,14H,4-5,7-8H2,1-3H3. The second kappa shape index (κ2) is 5.01. The monoisotopic (exact) mass is 271 g/mol. The van der Waals surface area contributed by atoms with E-state index in [9.17, 15) is 8.42 Å². The molecular formula is C12H21N3O2S. The molecule has 2 heterocycles. The van der Waals surface area contributed by atoms with Gasteiger partial charge in [0.25, 0.3) is 0 Å². The lowest BCUT2D eigenvalue weighted by Crippen LogP contribution is -2.42. The minimum absolute atomic E-state index is 0.00477. The minimum atomic E-state index is -3.16. The van der Waals surface area contributed by atoms with Gasteiger partial charge < -0.3 is 4.57 Å². The molecule has 0 aliphatic carbocycles. The van der Waals surface area contributed by atoms with E-state index in [1.54, 1.807) is 0 Å². The summed E-state index contributed by atoms with van der Waals surface area (Å²) >= 11 is 0. The van der Waals surface area contributed by atoms with Crippen molar-refractivity contribution in [2.45, 2.75) is 46.2 Å². The van der Waals surface area contributed by atoms with Crippen LogP contribution in [0.2, 0.25) is 0 Å². The summed E-state index contributed by atoms with van der Waals surface area (Å²) in [6.45, 7) is 6.48. The average Bonchev–Trinajstić information content (AvgIpc) is 2.54. The molecule has 0 aromatic carbocycles. The van der Waals surface area contributed by atoms with E-state index in [1.165, 1.54) is 0 Å². The molecular weight excluding hydrogens is 250 g/mol.